The molecule has 2 aromatic rings. The minimum atomic E-state index is -0.348. The lowest BCUT2D eigenvalue weighted by atomic mass is 10.1. The Hall–Kier alpha value is -1.66. The van der Waals surface area contributed by atoms with E-state index in [1.165, 1.54) is 23.5 Å². The molecule has 0 bridgehead atoms. The van der Waals surface area contributed by atoms with E-state index in [4.69, 9.17) is 10.5 Å². The van der Waals surface area contributed by atoms with Crippen LogP contribution in [0, 0.1) is 5.82 Å². The summed E-state index contributed by atoms with van der Waals surface area (Å²) in [4.78, 5) is 15.0. The molecule has 1 aliphatic rings. The Morgan fingerprint density at radius 1 is 1.48 bits per heavy atom. The highest BCUT2D eigenvalue weighted by Gasteiger charge is 2.30. The quantitative estimate of drug-likeness (QED) is 0.881. The second-order valence-corrected chi connectivity index (χ2v) is 6.49. The van der Waals surface area contributed by atoms with Gasteiger partial charge in [0.1, 0.15) is 10.7 Å². The zero-order valence-corrected chi connectivity index (χ0v) is 12.7. The van der Waals surface area contributed by atoms with Gasteiger partial charge in [0.25, 0.3) is 5.91 Å². The minimum Gasteiger partial charge on any atom is -0.397 e. The Bertz CT molecular complexity index is 700. The number of fused-ring (bicyclic) bond motifs is 1. The van der Waals surface area contributed by atoms with E-state index < -0.39 is 0 Å². The van der Waals surface area contributed by atoms with E-state index in [0.717, 1.165) is 4.70 Å². The van der Waals surface area contributed by atoms with Crippen LogP contribution in [0.4, 0.5) is 10.1 Å². The van der Waals surface area contributed by atoms with Crippen LogP contribution in [0.1, 0.15) is 23.5 Å². The van der Waals surface area contributed by atoms with E-state index in [1.807, 2.05) is 13.8 Å². The molecule has 4 nitrogen and oxygen atoms in total. The topological polar surface area (TPSA) is 55.6 Å². The summed E-state index contributed by atoms with van der Waals surface area (Å²) in [7, 11) is 0. The second kappa shape index (κ2) is 5.27. The number of carbonyl (C=O) groups excluding carboxylic acids is 1. The van der Waals surface area contributed by atoms with E-state index in [-0.39, 0.29) is 23.9 Å². The van der Waals surface area contributed by atoms with E-state index in [0.29, 0.717) is 29.1 Å². The van der Waals surface area contributed by atoms with Crippen molar-refractivity contribution >= 4 is 33.0 Å². The minimum absolute atomic E-state index is 0.00930. The number of rotatable bonds is 1. The van der Waals surface area contributed by atoms with Crippen LogP contribution in [0.15, 0.2) is 18.2 Å². The van der Waals surface area contributed by atoms with Gasteiger partial charge in [0.2, 0.25) is 0 Å². The van der Waals surface area contributed by atoms with Crippen molar-refractivity contribution in [3.8, 4) is 0 Å². The van der Waals surface area contributed by atoms with Crippen molar-refractivity contribution in [1.82, 2.24) is 4.90 Å². The fourth-order valence-electron chi connectivity index (χ4n) is 2.56. The fraction of sp³-hybridized carbons (Fsp3) is 0.400. The van der Waals surface area contributed by atoms with E-state index in [1.54, 1.807) is 11.0 Å². The third-order valence-electron chi connectivity index (χ3n) is 3.75. The predicted molar refractivity (Wildman–Crippen MR) is 82.1 cm³/mol. The van der Waals surface area contributed by atoms with Gasteiger partial charge in [-0.3, -0.25) is 4.79 Å². The normalized spacial score (nSPS) is 22.7. The van der Waals surface area contributed by atoms with Gasteiger partial charge in [0, 0.05) is 16.6 Å². The van der Waals surface area contributed by atoms with Gasteiger partial charge in [-0.25, -0.2) is 4.39 Å². The van der Waals surface area contributed by atoms with Gasteiger partial charge in [-0.15, -0.1) is 11.3 Å². The second-order valence-electron chi connectivity index (χ2n) is 5.44. The smallest absolute Gasteiger partial charge is 0.266 e. The van der Waals surface area contributed by atoms with Crippen molar-refractivity contribution in [2.75, 3.05) is 18.9 Å². The SMILES string of the molecule is CC1CN(C(=O)c2sc3ccc(F)cc3c2N)C(C)CO1. The summed E-state index contributed by atoms with van der Waals surface area (Å²) in [5.74, 6) is -0.448. The fourth-order valence-corrected chi connectivity index (χ4v) is 3.62. The molecule has 0 radical (unpaired) electrons. The van der Waals surface area contributed by atoms with E-state index in [2.05, 4.69) is 0 Å². The van der Waals surface area contributed by atoms with Crippen LogP contribution in [-0.2, 0) is 4.74 Å². The number of nitrogens with zero attached hydrogens (tertiary/aromatic N) is 1. The maximum atomic E-state index is 13.3. The zero-order chi connectivity index (χ0) is 15.1. The lowest BCUT2D eigenvalue weighted by Crippen LogP contribution is -2.50. The van der Waals surface area contributed by atoms with Crippen LogP contribution < -0.4 is 5.73 Å². The van der Waals surface area contributed by atoms with Crippen molar-refractivity contribution in [2.24, 2.45) is 0 Å². The summed E-state index contributed by atoms with van der Waals surface area (Å²) in [5, 5.41) is 0.609. The average Bonchev–Trinajstić information content (AvgIpc) is 2.78. The number of thiophene rings is 1. The standard InChI is InChI=1S/C15H17FN2O2S/c1-8-7-20-9(2)6-18(8)15(19)14-13(17)11-5-10(16)3-4-12(11)21-14/h3-5,8-9H,6-7,17H2,1-2H3. The van der Waals surface area contributed by atoms with Crippen molar-refractivity contribution < 1.29 is 13.9 Å². The van der Waals surface area contributed by atoms with Crippen LogP contribution in [0.25, 0.3) is 10.1 Å². The Kier molecular flexibility index (Phi) is 3.59. The van der Waals surface area contributed by atoms with Crippen molar-refractivity contribution in [3.63, 3.8) is 0 Å². The summed E-state index contributed by atoms with van der Waals surface area (Å²) in [6, 6.07) is 4.43. The summed E-state index contributed by atoms with van der Waals surface area (Å²) < 4.78 is 19.7. The Labute approximate surface area is 126 Å². The third kappa shape index (κ3) is 2.49. The molecule has 2 atom stereocenters. The molecule has 2 N–H and O–H groups in total. The van der Waals surface area contributed by atoms with Crippen molar-refractivity contribution in [1.29, 1.82) is 0 Å². The van der Waals surface area contributed by atoms with Crippen LogP contribution in [0.3, 0.4) is 0 Å². The third-order valence-corrected chi connectivity index (χ3v) is 4.93. The summed E-state index contributed by atoms with van der Waals surface area (Å²) in [6.45, 7) is 4.96. The van der Waals surface area contributed by atoms with Crippen molar-refractivity contribution in [3.05, 3.63) is 28.9 Å². The molecule has 1 amide bonds. The zero-order valence-electron chi connectivity index (χ0n) is 11.9. The molecule has 1 aromatic carbocycles. The summed E-state index contributed by atoms with van der Waals surface area (Å²) in [5.41, 5.74) is 6.43. The molecule has 1 saturated heterocycles. The van der Waals surface area contributed by atoms with Gasteiger partial charge in [-0.05, 0) is 32.0 Å². The Morgan fingerprint density at radius 3 is 3.00 bits per heavy atom. The van der Waals surface area contributed by atoms with Crippen molar-refractivity contribution in [2.45, 2.75) is 26.0 Å². The number of nitrogen functional groups attached to an aromatic ring is 1. The molecule has 21 heavy (non-hydrogen) atoms. The molecule has 0 aliphatic carbocycles. The highest BCUT2D eigenvalue weighted by molar-refractivity contribution is 7.21. The van der Waals surface area contributed by atoms with E-state index >= 15 is 0 Å². The van der Waals surface area contributed by atoms with Gasteiger partial charge in [-0.2, -0.15) is 0 Å². The Balaban J connectivity index is 1.99. The van der Waals surface area contributed by atoms with Gasteiger partial charge in [0.15, 0.2) is 0 Å². The number of benzene rings is 1. The van der Waals surface area contributed by atoms with Crippen LogP contribution in [0.5, 0.6) is 0 Å². The van der Waals surface area contributed by atoms with Gasteiger partial charge in [-0.1, -0.05) is 0 Å². The molecule has 0 saturated carbocycles. The summed E-state index contributed by atoms with van der Waals surface area (Å²) in [6.07, 6.45) is 0.0122. The molecule has 2 heterocycles. The molecule has 112 valence electrons. The number of amides is 1. The van der Waals surface area contributed by atoms with Gasteiger partial charge in [0.05, 0.1) is 24.4 Å². The van der Waals surface area contributed by atoms with Crippen LogP contribution in [-0.4, -0.2) is 36.1 Å². The van der Waals surface area contributed by atoms with Gasteiger partial charge >= 0.3 is 0 Å². The molecule has 3 rings (SSSR count). The molecule has 1 aromatic heterocycles. The molecule has 6 heteroatoms. The number of morpholine rings is 1. The number of nitrogens with two attached hydrogens (primary N) is 1. The number of hydrogen-bond acceptors (Lipinski definition) is 4. The number of halogens is 1. The van der Waals surface area contributed by atoms with E-state index in [9.17, 15) is 9.18 Å². The van der Waals surface area contributed by atoms with Crippen LogP contribution in [0.2, 0.25) is 0 Å². The Morgan fingerprint density at radius 2 is 2.24 bits per heavy atom. The monoisotopic (exact) mass is 308 g/mol. The number of hydrogen-bond donors (Lipinski definition) is 1. The molecule has 0 spiro atoms. The molecular weight excluding hydrogens is 291 g/mol. The largest absolute Gasteiger partial charge is 0.397 e. The lowest BCUT2D eigenvalue weighted by Gasteiger charge is -2.36. The molecule has 2 unspecified atom stereocenters. The molecule has 1 fully saturated rings. The molecule has 1 aliphatic heterocycles. The first-order chi connectivity index (χ1) is 9.97. The first kappa shape index (κ1) is 14.3. The van der Waals surface area contributed by atoms with Gasteiger partial charge < -0.3 is 15.4 Å². The number of carbonyl (C=O) groups is 1. The average molecular weight is 308 g/mol. The lowest BCUT2D eigenvalue weighted by molar-refractivity contribution is -0.0385. The highest BCUT2D eigenvalue weighted by atomic mass is 32.1. The predicted octanol–water partition coefficient (Wildman–Crippen LogP) is 2.87. The van der Waals surface area contributed by atoms with Crippen LogP contribution >= 0.6 is 11.3 Å². The summed E-state index contributed by atoms with van der Waals surface area (Å²) >= 11 is 1.31. The molecular formula is C15H17FN2O2S. The first-order valence-corrected chi connectivity index (χ1v) is 7.69. The number of anilines is 1. The maximum absolute atomic E-state index is 13.3. The first-order valence-electron chi connectivity index (χ1n) is 6.87. The number of ether oxygens (including phenoxy) is 1. The maximum Gasteiger partial charge on any atom is 0.266 e. The highest BCUT2D eigenvalue weighted by Crippen LogP contribution is 2.35.